The van der Waals surface area contributed by atoms with E-state index in [0.717, 1.165) is 38.2 Å². The summed E-state index contributed by atoms with van der Waals surface area (Å²) in [4.78, 5) is 18.7. The molecule has 0 spiro atoms. The maximum absolute atomic E-state index is 12.1. The Morgan fingerprint density at radius 2 is 2.17 bits per heavy atom. The average Bonchev–Trinajstić information content (AvgIpc) is 2.60. The van der Waals surface area contributed by atoms with Crippen molar-refractivity contribution < 1.29 is 9.90 Å². The Morgan fingerprint density at radius 1 is 1.46 bits per heavy atom. The van der Waals surface area contributed by atoms with E-state index in [1.54, 1.807) is 13.1 Å². The summed E-state index contributed by atoms with van der Waals surface area (Å²) in [6.07, 6.45) is 4.47. The van der Waals surface area contributed by atoms with Crippen LogP contribution in [0.5, 0.6) is 0 Å². The van der Waals surface area contributed by atoms with E-state index in [1.165, 1.54) is 0 Å². The minimum atomic E-state index is -0.881. The normalized spacial score (nSPS) is 19.4. The quantitative estimate of drug-likeness (QED) is 0.745. The fourth-order valence-electron chi connectivity index (χ4n) is 2.90. The maximum atomic E-state index is 12.1. The van der Waals surface area contributed by atoms with Gasteiger partial charge in [-0.15, -0.1) is 0 Å². The minimum Gasteiger partial charge on any atom is -0.388 e. The van der Waals surface area contributed by atoms with E-state index in [9.17, 15) is 9.90 Å². The number of anilines is 1. The highest BCUT2D eigenvalue weighted by Gasteiger charge is 2.28. The summed E-state index contributed by atoms with van der Waals surface area (Å²) in [6.45, 7) is 7.83. The van der Waals surface area contributed by atoms with Crippen LogP contribution in [0.25, 0.3) is 0 Å². The SMILES string of the molecule is CCC(C)C(C)(O)CNC(=O)NC1CCN(c2ccccn2)CC1. The lowest BCUT2D eigenvalue weighted by Gasteiger charge is -2.34. The van der Waals surface area contributed by atoms with Crippen LogP contribution in [0.2, 0.25) is 0 Å². The van der Waals surface area contributed by atoms with Crippen molar-refractivity contribution in [3.63, 3.8) is 0 Å². The van der Waals surface area contributed by atoms with E-state index >= 15 is 0 Å². The first kappa shape index (κ1) is 18.5. The molecule has 134 valence electrons. The zero-order valence-electron chi connectivity index (χ0n) is 15.0. The van der Waals surface area contributed by atoms with E-state index in [0.29, 0.717) is 0 Å². The Bertz CT molecular complexity index is 513. The van der Waals surface area contributed by atoms with E-state index in [-0.39, 0.29) is 24.5 Å². The van der Waals surface area contributed by atoms with Gasteiger partial charge in [-0.25, -0.2) is 9.78 Å². The third kappa shape index (κ3) is 5.09. The van der Waals surface area contributed by atoms with E-state index < -0.39 is 5.60 Å². The summed E-state index contributed by atoms with van der Waals surface area (Å²) in [5.74, 6) is 1.13. The van der Waals surface area contributed by atoms with E-state index in [2.05, 4.69) is 20.5 Å². The number of piperidine rings is 1. The summed E-state index contributed by atoms with van der Waals surface area (Å²) >= 11 is 0. The minimum absolute atomic E-state index is 0.138. The molecule has 0 bridgehead atoms. The highest BCUT2D eigenvalue weighted by Crippen LogP contribution is 2.19. The lowest BCUT2D eigenvalue weighted by Crippen LogP contribution is -2.52. The number of urea groups is 1. The predicted octanol–water partition coefficient (Wildman–Crippen LogP) is 2.15. The number of nitrogens with one attached hydrogen (secondary N) is 2. The Balaban J connectivity index is 1.73. The highest BCUT2D eigenvalue weighted by molar-refractivity contribution is 5.74. The average molecular weight is 334 g/mol. The van der Waals surface area contributed by atoms with Crippen molar-refractivity contribution in [2.24, 2.45) is 5.92 Å². The number of pyridine rings is 1. The maximum Gasteiger partial charge on any atom is 0.315 e. The van der Waals surface area contributed by atoms with Gasteiger partial charge in [0.2, 0.25) is 0 Å². The van der Waals surface area contributed by atoms with Crippen LogP contribution in [0.15, 0.2) is 24.4 Å². The molecule has 0 aromatic carbocycles. The van der Waals surface area contributed by atoms with Crippen LogP contribution in [0.4, 0.5) is 10.6 Å². The topological polar surface area (TPSA) is 77.5 Å². The van der Waals surface area contributed by atoms with Crippen LogP contribution in [-0.4, -0.2) is 47.4 Å². The van der Waals surface area contributed by atoms with Gasteiger partial charge in [-0.3, -0.25) is 0 Å². The molecule has 2 heterocycles. The Morgan fingerprint density at radius 3 is 2.75 bits per heavy atom. The van der Waals surface area contributed by atoms with Crippen LogP contribution in [0.3, 0.4) is 0 Å². The van der Waals surface area contributed by atoms with Gasteiger partial charge in [0.05, 0.1) is 5.60 Å². The summed E-state index contributed by atoms with van der Waals surface area (Å²) in [5, 5.41) is 16.2. The van der Waals surface area contributed by atoms with Crippen molar-refractivity contribution in [1.82, 2.24) is 15.6 Å². The first-order valence-corrected chi connectivity index (χ1v) is 8.85. The van der Waals surface area contributed by atoms with Crippen molar-refractivity contribution in [3.05, 3.63) is 24.4 Å². The van der Waals surface area contributed by atoms with Gasteiger partial charge in [0.1, 0.15) is 5.82 Å². The van der Waals surface area contributed by atoms with Crippen LogP contribution >= 0.6 is 0 Å². The number of carbonyl (C=O) groups is 1. The van der Waals surface area contributed by atoms with Gasteiger partial charge in [-0.05, 0) is 37.8 Å². The molecule has 1 fully saturated rings. The van der Waals surface area contributed by atoms with Gasteiger partial charge < -0.3 is 20.6 Å². The van der Waals surface area contributed by atoms with E-state index in [1.807, 2.05) is 32.0 Å². The second-order valence-electron chi connectivity index (χ2n) is 6.94. The molecule has 0 saturated carbocycles. The molecule has 2 unspecified atom stereocenters. The molecular weight excluding hydrogens is 304 g/mol. The molecule has 3 N–H and O–H groups in total. The monoisotopic (exact) mass is 334 g/mol. The zero-order chi connectivity index (χ0) is 17.6. The number of hydrogen-bond acceptors (Lipinski definition) is 4. The molecule has 24 heavy (non-hydrogen) atoms. The molecule has 2 rings (SSSR count). The lowest BCUT2D eigenvalue weighted by molar-refractivity contribution is 0.00782. The number of aliphatic hydroxyl groups is 1. The summed E-state index contributed by atoms with van der Waals surface area (Å²) < 4.78 is 0. The number of nitrogens with zero attached hydrogens (tertiary/aromatic N) is 2. The number of rotatable bonds is 6. The highest BCUT2D eigenvalue weighted by atomic mass is 16.3. The van der Waals surface area contributed by atoms with Gasteiger partial charge in [-0.1, -0.05) is 26.3 Å². The molecule has 1 aliphatic heterocycles. The molecule has 2 amide bonds. The first-order valence-electron chi connectivity index (χ1n) is 8.85. The molecule has 1 aromatic rings. The summed E-state index contributed by atoms with van der Waals surface area (Å²) in [6, 6.07) is 5.88. The Labute approximate surface area is 144 Å². The van der Waals surface area contributed by atoms with Gasteiger partial charge in [0, 0.05) is 31.9 Å². The molecule has 6 heteroatoms. The second-order valence-corrected chi connectivity index (χ2v) is 6.94. The first-order chi connectivity index (χ1) is 11.4. The Kier molecular flexibility index (Phi) is 6.43. The van der Waals surface area contributed by atoms with Gasteiger partial charge in [0.25, 0.3) is 0 Å². The smallest absolute Gasteiger partial charge is 0.315 e. The third-order valence-electron chi connectivity index (χ3n) is 5.08. The zero-order valence-corrected chi connectivity index (χ0v) is 15.0. The molecule has 6 nitrogen and oxygen atoms in total. The van der Waals surface area contributed by atoms with Crippen LogP contribution in [0, 0.1) is 5.92 Å². The molecule has 1 aliphatic rings. The van der Waals surface area contributed by atoms with Gasteiger partial charge in [0.15, 0.2) is 0 Å². The largest absolute Gasteiger partial charge is 0.388 e. The van der Waals surface area contributed by atoms with Crippen LogP contribution in [0.1, 0.15) is 40.0 Å². The van der Waals surface area contributed by atoms with Gasteiger partial charge >= 0.3 is 6.03 Å². The lowest BCUT2D eigenvalue weighted by atomic mass is 9.89. The number of hydrogen-bond donors (Lipinski definition) is 3. The summed E-state index contributed by atoms with van der Waals surface area (Å²) in [7, 11) is 0. The van der Waals surface area contributed by atoms with Crippen LogP contribution < -0.4 is 15.5 Å². The Hall–Kier alpha value is -1.82. The fourth-order valence-corrected chi connectivity index (χ4v) is 2.90. The third-order valence-corrected chi connectivity index (χ3v) is 5.08. The van der Waals surface area contributed by atoms with Crippen molar-refractivity contribution in [2.75, 3.05) is 24.5 Å². The number of amides is 2. The molecule has 0 aliphatic carbocycles. The van der Waals surface area contributed by atoms with Crippen molar-refractivity contribution in [2.45, 2.75) is 51.7 Å². The fraction of sp³-hybridized carbons (Fsp3) is 0.667. The molecular formula is C18H30N4O2. The number of aromatic nitrogens is 1. The van der Waals surface area contributed by atoms with Crippen LogP contribution in [-0.2, 0) is 0 Å². The standard InChI is InChI=1S/C18H30N4O2/c1-4-14(2)18(3,24)13-20-17(23)21-15-8-11-22(12-9-15)16-7-5-6-10-19-16/h5-7,10,14-15,24H,4,8-9,11-13H2,1-3H3,(H2,20,21,23). The van der Waals surface area contributed by atoms with Crippen molar-refractivity contribution in [3.8, 4) is 0 Å². The number of carbonyl (C=O) groups excluding carboxylic acids is 1. The van der Waals surface area contributed by atoms with Crippen molar-refractivity contribution in [1.29, 1.82) is 0 Å². The van der Waals surface area contributed by atoms with E-state index in [4.69, 9.17) is 0 Å². The van der Waals surface area contributed by atoms with Gasteiger partial charge in [-0.2, -0.15) is 0 Å². The molecule has 1 saturated heterocycles. The predicted molar refractivity (Wildman–Crippen MR) is 96.1 cm³/mol. The molecule has 0 radical (unpaired) electrons. The summed E-state index contributed by atoms with van der Waals surface area (Å²) in [5.41, 5.74) is -0.881. The van der Waals surface area contributed by atoms with Crippen molar-refractivity contribution >= 4 is 11.8 Å². The molecule has 1 aromatic heterocycles. The molecule has 2 atom stereocenters. The second kappa shape index (κ2) is 8.33.